The Morgan fingerprint density at radius 1 is 1.44 bits per heavy atom. The number of aryl methyl sites for hydroxylation is 1. The molecule has 2 heterocycles. The van der Waals surface area contributed by atoms with Gasteiger partial charge in [0.05, 0.1) is 6.04 Å². The molecule has 16 heavy (non-hydrogen) atoms. The van der Waals surface area contributed by atoms with Crippen molar-refractivity contribution in [2.45, 2.75) is 19.9 Å². The fourth-order valence-electron chi connectivity index (χ4n) is 1.67. The summed E-state index contributed by atoms with van der Waals surface area (Å²) < 4.78 is 0. The third-order valence-corrected chi connectivity index (χ3v) is 2.34. The monoisotopic (exact) mass is 217 g/mol. The molecule has 5 nitrogen and oxygen atoms in total. The Morgan fingerprint density at radius 2 is 2.31 bits per heavy atom. The lowest BCUT2D eigenvalue weighted by molar-refractivity contribution is 0.597. The highest BCUT2D eigenvalue weighted by atomic mass is 15.2. The summed E-state index contributed by atoms with van der Waals surface area (Å²) in [5, 5.41) is 10.1. The largest absolute Gasteiger partial charge is 0.304 e. The van der Waals surface area contributed by atoms with E-state index in [0.29, 0.717) is 0 Å². The third kappa shape index (κ3) is 2.25. The summed E-state index contributed by atoms with van der Waals surface area (Å²) >= 11 is 0. The van der Waals surface area contributed by atoms with Crippen LogP contribution in [0.1, 0.15) is 29.9 Å². The van der Waals surface area contributed by atoms with Crippen molar-refractivity contribution in [3.63, 3.8) is 0 Å². The second-order valence-corrected chi connectivity index (χ2v) is 3.66. The van der Waals surface area contributed by atoms with Gasteiger partial charge in [0, 0.05) is 12.4 Å². The molecule has 0 radical (unpaired) electrons. The van der Waals surface area contributed by atoms with Crippen molar-refractivity contribution in [3.05, 3.63) is 41.7 Å². The molecule has 0 aromatic carbocycles. The molecule has 2 N–H and O–H groups in total. The van der Waals surface area contributed by atoms with Crippen LogP contribution in [0.4, 0.5) is 0 Å². The van der Waals surface area contributed by atoms with Crippen LogP contribution >= 0.6 is 0 Å². The molecule has 0 aliphatic heterocycles. The van der Waals surface area contributed by atoms with Gasteiger partial charge in [0.2, 0.25) is 0 Å². The van der Waals surface area contributed by atoms with Gasteiger partial charge in [0.25, 0.3) is 0 Å². The molecule has 2 aromatic rings. The van der Waals surface area contributed by atoms with E-state index in [-0.39, 0.29) is 6.04 Å². The lowest BCUT2D eigenvalue weighted by Crippen LogP contribution is -2.23. The number of nitrogens with one attached hydrogen (secondary N) is 2. The second kappa shape index (κ2) is 4.85. The smallest absolute Gasteiger partial charge is 0.146 e. The Hall–Kier alpha value is -1.75. The number of nitrogens with zero attached hydrogens (tertiary/aromatic N) is 3. The Balaban J connectivity index is 2.33. The van der Waals surface area contributed by atoms with Crippen LogP contribution in [0.3, 0.4) is 0 Å². The molecular formula is C11H15N5. The zero-order valence-corrected chi connectivity index (χ0v) is 9.44. The standard InChI is InChI=1S/C11H15N5/c1-3-13-10(11-14-7-15-16-11)9-4-8(2)5-12-6-9/h4-7,10,13H,3H2,1-2H3,(H,14,15,16). The van der Waals surface area contributed by atoms with Crippen LogP contribution < -0.4 is 5.32 Å². The molecular weight excluding hydrogens is 202 g/mol. The van der Waals surface area contributed by atoms with Gasteiger partial charge in [0.1, 0.15) is 12.2 Å². The van der Waals surface area contributed by atoms with E-state index in [9.17, 15) is 0 Å². The Labute approximate surface area is 94.3 Å². The minimum atomic E-state index is 0.0277. The van der Waals surface area contributed by atoms with Crippen LogP contribution in [-0.2, 0) is 0 Å². The van der Waals surface area contributed by atoms with Crippen LogP contribution in [0.5, 0.6) is 0 Å². The van der Waals surface area contributed by atoms with Gasteiger partial charge in [0.15, 0.2) is 0 Å². The predicted octanol–water partition coefficient (Wildman–Crippen LogP) is 1.21. The fraction of sp³-hybridized carbons (Fsp3) is 0.364. The van der Waals surface area contributed by atoms with Gasteiger partial charge in [-0.25, -0.2) is 4.98 Å². The van der Waals surface area contributed by atoms with Gasteiger partial charge in [-0.2, -0.15) is 5.10 Å². The van der Waals surface area contributed by atoms with Gasteiger partial charge in [-0.1, -0.05) is 13.0 Å². The van der Waals surface area contributed by atoms with Crippen LogP contribution in [0, 0.1) is 6.92 Å². The zero-order valence-electron chi connectivity index (χ0n) is 9.44. The van der Waals surface area contributed by atoms with Gasteiger partial charge in [-0.3, -0.25) is 10.1 Å². The molecule has 0 aliphatic rings. The molecule has 0 bridgehead atoms. The number of aromatic amines is 1. The van der Waals surface area contributed by atoms with E-state index in [0.717, 1.165) is 23.5 Å². The Kier molecular flexibility index (Phi) is 3.26. The first-order valence-electron chi connectivity index (χ1n) is 5.31. The van der Waals surface area contributed by atoms with E-state index < -0.39 is 0 Å². The highest BCUT2D eigenvalue weighted by Gasteiger charge is 2.15. The average Bonchev–Trinajstić information content (AvgIpc) is 2.79. The minimum Gasteiger partial charge on any atom is -0.304 e. The van der Waals surface area contributed by atoms with E-state index >= 15 is 0 Å². The lowest BCUT2D eigenvalue weighted by Gasteiger charge is -2.15. The summed E-state index contributed by atoms with van der Waals surface area (Å²) in [6.07, 6.45) is 5.21. The first kappa shape index (κ1) is 10.8. The summed E-state index contributed by atoms with van der Waals surface area (Å²) in [7, 11) is 0. The number of hydrogen-bond acceptors (Lipinski definition) is 4. The van der Waals surface area contributed by atoms with E-state index in [1.165, 1.54) is 6.33 Å². The molecule has 0 amide bonds. The van der Waals surface area contributed by atoms with Crippen molar-refractivity contribution in [2.24, 2.45) is 0 Å². The van der Waals surface area contributed by atoms with E-state index in [2.05, 4.69) is 38.5 Å². The molecule has 0 aliphatic carbocycles. The molecule has 5 heteroatoms. The molecule has 0 saturated heterocycles. The molecule has 2 rings (SSSR count). The van der Waals surface area contributed by atoms with Gasteiger partial charge in [-0.15, -0.1) is 0 Å². The van der Waals surface area contributed by atoms with Gasteiger partial charge < -0.3 is 5.32 Å². The van der Waals surface area contributed by atoms with Crippen LogP contribution in [-0.4, -0.2) is 26.7 Å². The topological polar surface area (TPSA) is 66.5 Å². The highest BCUT2D eigenvalue weighted by Crippen LogP contribution is 2.18. The number of H-pyrrole nitrogens is 1. The zero-order chi connectivity index (χ0) is 11.4. The molecule has 0 saturated carbocycles. The first-order valence-corrected chi connectivity index (χ1v) is 5.31. The predicted molar refractivity (Wildman–Crippen MR) is 60.9 cm³/mol. The molecule has 0 spiro atoms. The Morgan fingerprint density at radius 3 is 2.94 bits per heavy atom. The quantitative estimate of drug-likeness (QED) is 0.807. The number of rotatable bonds is 4. The summed E-state index contributed by atoms with van der Waals surface area (Å²) in [6, 6.07) is 2.13. The van der Waals surface area contributed by atoms with Crippen molar-refractivity contribution in [2.75, 3.05) is 6.54 Å². The number of pyridine rings is 1. The molecule has 1 unspecified atom stereocenters. The van der Waals surface area contributed by atoms with Crippen LogP contribution in [0.15, 0.2) is 24.8 Å². The van der Waals surface area contributed by atoms with Crippen LogP contribution in [0.25, 0.3) is 0 Å². The van der Waals surface area contributed by atoms with E-state index in [4.69, 9.17) is 0 Å². The SMILES string of the molecule is CCNC(c1cncc(C)c1)c1ncn[nH]1. The van der Waals surface area contributed by atoms with Gasteiger partial charge in [-0.05, 0) is 24.6 Å². The van der Waals surface area contributed by atoms with Crippen LogP contribution in [0.2, 0.25) is 0 Å². The van der Waals surface area contributed by atoms with Crippen molar-refractivity contribution in [1.82, 2.24) is 25.5 Å². The molecule has 0 fully saturated rings. The molecule has 1 atom stereocenters. The minimum absolute atomic E-state index is 0.0277. The summed E-state index contributed by atoms with van der Waals surface area (Å²) in [4.78, 5) is 8.38. The second-order valence-electron chi connectivity index (χ2n) is 3.66. The highest BCUT2D eigenvalue weighted by molar-refractivity contribution is 5.24. The van der Waals surface area contributed by atoms with Crippen molar-refractivity contribution < 1.29 is 0 Å². The maximum atomic E-state index is 4.20. The van der Waals surface area contributed by atoms with E-state index in [1.807, 2.05) is 19.3 Å². The number of hydrogen-bond donors (Lipinski definition) is 2. The summed E-state index contributed by atoms with van der Waals surface area (Å²) in [5.41, 5.74) is 2.23. The van der Waals surface area contributed by atoms with Gasteiger partial charge >= 0.3 is 0 Å². The summed E-state index contributed by atoms with van der Waals surface area (Å²) in [6.45, 7) is 4.95. The maximum Gasteiger partial charge on any atom is 0.146 e. The first-order chi connectivity index (χ1) is 7.81. The van der Waals surface area contributed by atoms with Crippen molar-refractivity contribution in [3.8, 4) is 0 Å². The maximum absolute atomic E-state index is 4.20. The third-order valence-electron chi connectivity index (χ3n) is 2.34. The molecule has 2 aromatic heterocycles. The van der Waals surface area contributed by atoms with Crippen molar-refractivity contribution in [1.29, 1.82) is 0 Å². The fourth-order valence-corrected chi connectivity index (χ4v) is 1.67. The average molecular weight is 217 g/mol. The van der Waals surface area contributed by atoms with E-state index in [1.54, 1.807) is 0 Å². The normalized spacial score (nSPS) is 12.6. The molecule has 84 valence electrons. The Bertz CT molecular complexity index is 437. The summed E-state index contributed by atoms with van der Waals surface area (Å²) in [5.74, 6) is 0.814. The number of aromatic nitrogens is 4. The lowest BCUT2D eigenvalue weighted by atomic mass is 10.1. The van der Waals surface area contributed by atoms with Crippen molar-refractivity contribution >= 4 is 0 Å².